The molecule has 0 radical (unpaired) electrons. The molecule has 11 heteroatoms. The summed E-state index contributed by atoms with van der Waals surface area (Å²) in [6.07, 6.45) is 2.05. The van der Waals surface area contributed by atoms with Crippen molar-refractivity contribution in [3.8, 4) is 5.75 Å². The molecule has 0 saturated carbocycles. The molecule has 0 aliphatic carbocycles. The van der Waals surface area contributed by atoms with E-state index >= 15 is 0 Å². The second-order valence-electron chi connectivity index (χ2n) is 9.36. The molecule has 1 aliphatic heterocycles. The zero-order valence-electron chi connectivity index (χ0n) is 21.8. The van der Waals surface area contributed by atoms with E-state index in [9.17, 15) is 9.59 Å². The molecule has 0 unspecified atom stereocenters. The summed E-state index contributed by atoms with van der Waals surface area (Å²) >= 11 is 0. The maximum absolute atomic E-state index is 13.2. The second kappa shape index (κ2) is 10.4. The number of nitrogens with one attached hydrogen (secondary N) is 2. The first-order valence-corrected chi connectivity index (χ1v) is 12.3. The lowest BCUT2D eigenvalue weighted by molar-refractivity contribution is -0.128. The molecule has 1 aromatic carbocycles. The van der Waals surface area contributed by atoms with Crippen LogP contribution in [0.15, 0.2) is 54.7 Å². The van der Waals surface area contributed by atoms with Crippen LogP contribution in [-0.4, -0.2) is 70.1 Å². The van der Waals surface area contributed by atoms with Gasteiger partial charge in [-0.15, -0.1) is 0 Å². The van der Waals surface area contributed by atoms with Gasteiger partial charge in [0.2, 0.25) is 5.91 Å². The number of rotatable bonds is 8. The van der Waals surface area contributed by atoms with Crippen LogP contribution in [0, 0.1) is 6.92 Å². The average Bonchev–Trinajstić information content (AvgIpc) is 3.47. The summed E-state index contributed by atoms with van der Waals surface area (Å²) < 4.78 is 6.91. The summed E-state index contributed by atoms with van der Waals surface area (Å²) in [6, 6.07) is 14.8. The first-order valence-electron chi connectivity index (χ1n) is 12.3. The van der Waals surface area contributed by atoms with Crippen LogP contribution in [0.5, 0.6) is 5.75 Å². The molecule has 0 bridgehead atoms. The van der Waals surface area contributed by atoms with Gasteiger partial charge in [-0.25, -0.2) is 9.97 Å². The van der Waals surface area contributed by atoms with Gasteiger partial charge in [0.05, 0.1) is 13.3 Å². The van der Waals surface area contributed by atoms with Gasteiger partial charge in [0, 0.05) is 38.9 Å². The number of hydrogen-bond acceptors (Lipinski definition) is 8. The third kappa shape index (κ3) is 5.08. The van der Waals surface area contributed by atoms with Crippen LogP contribution >= 0.6 is 0 Å². The van der Waals surface area contributed by atoms with Gasteiger partial charge in [0.15, 0.2) is 5.65 Å². The average molecular weight is 515 g/mol. The zero-order valence-corrected chi connectivity index (χ0v) is 21.8. The van der Waals surface area contributed by atoms with Crippen molar-refractivity contribution in [2.24, 2.45) is 0 Å². The molecule has 2 amide bonds. The molecule has 196 valence electrons. The molecule has 1 atom stereocenters. The van der Waals surface area contributed by atoms with Crippen molar-refractivity contribution in [2.75, 3.05) is 38.0 Å². The quantitative estimate of drug-likeness (QED) is 0.369. The Labute approximate surface area is 220 Å². The van der Waals surface area contributed by atoms with E-state index in [4.69, 9.17) is 9.72 Å². The number of likely N-dealkylation sites (N-methyl/N-ethyl adjacent to an activating group) is 1. The number of carbonyl (C=O) groups is 2. The number of benzene rings is 1. The van der Waals surface area contributed by atoms with E-state index in [0.717, 1.165) is 22.8 Å². The van der Waals surface area contributed by atoms with Gasteiger partial charge in [0.25, 0.3) is 5.91 Å². The van der Waals surface area contributed by atoms with Crippen LogP contribution in [0.25, 0.3) is 5.65 Å². The standard InChI is InChI=1S/C27H30N8O3/c1-17-6-5-7-22(29-17)31-23-14-24(34(3)16-18-8-10-19(38-4)11-9-18)35-25(32-23)20(15-28-35)26(36)30-21-12-13-33(2)27(21)37/h5-11,14-15,21H,12-13,16H2,1-4H3,(H,30,36)(H,29,31,32)/t21-/m1/s1. The van der Waals surface area contributed by atoms with E-state index in [1.165, 1.54) is 6.20 Å². The summed E-state index contributed by atoms with van der Waals surface area (Å²) in [5.41, 5.74) is 2.59. The Morgan fingerprint density at radius 2 is 1.95 bits per heavy atom. The highest BCUT2D eigenvalue weighted by Gasteiger charge is 2.31. The van der Waals surface area contributed by atoms with Crippen molar-refractivity contribution in [3.63, 3.8) is 0 Å². The van der Waals surface area contributed by atoms with Gasteiger partial charge in [0.1, 0.15) is 34.8 Å². The summed E-state index contributed by atoms with van der Waals surface area (Å²) in [6.45, 7) is 3.10. The maximum atomic E-state index is 13.2. The van der Waals surface area contributed by atoms with Crippen molar-refractivity contribution in [1.82, 2.24) is 29.8 Å². The first kappa shape index (κ1) is 25.0. The summed E-state index contributed by atoms with van der Waals surface area (Å²) in [4.78, 5) is 38.5. The number of amides is 2. The molecular formula is C27H30N8O3. The second-order valence-corrected chi connectivity index (χ2v) is 9.36. The van der Waals surface area contributed by atoms with Crippen LogP contribution < -0.4 is 20.3 Å². The monoisotopic (exact) mass is 514 g/mol. The number of nitrogens with zero attached hydrogens (tertiary/aromatic N) is 6. The molecule has 1 aliphatic rings. The highest BCUT2D eigenvalue weighted by molar-refractivity contribution is 6.02. The molecule has 11 nitrogen and oxygen atoms in total. The third-order valence-electron chi connectivity index (χ3n) is 6.54. The Kier molecular flexibility index (Phi) is 6.82. The molecule has 1 fully saturated rings. The SMILES string of the molecule is COc1ccc(CN(C)c2cc(Nc3cccc(C)n3)nc3c(C(=O)N[C@@H]4CCN(C)C4=O)cnn23)cc1. The van der Waals surface area contributed by atoms with E-state index in [-0.39, 0.29) is 11.5 Å². The minimum Gasteiger partial charge on any atom is -0.497 e. The molecule has 1 saturated heterocycles. The number of anilines is 3. The fourth-order valence-corrected chi connectivity index (χ4v) is 4.47. The normalized spacial score (nSPS) is 15.1. The van der Waals surface area contributed by atoms with Crippen molar-refractivity contribution in [3.05, 3.63) is 71.5 Å². The molecule has 5 rings (SSSR count). The molecule has 0 spiro atoms. The molecule has 4 aromatic rings. The van der Waals surface area contributed by atoms with Gasteiger partial charge >= 0.3 is 0 Å². The highest BCUT2D eigenvalue weighted by Crippen LogP contribution is 2.25. The molecule has 4 heterocycles. The Balaban J connectivity index is 1.50. The predicted molar refractivity (Wildman–Crippen MR) is 144 cm³/mol. The predicted octanol–water partition coefficient (Wildman–Crippen LogP) is 2.78. The van der Waals surface area contributed by atoms with Gasteiger partial charge < -0.3 is 25.2 Å². The van der Waals surface area contributed by atoms with Crippen LogP contribution in [0.1, 0.15) is 28.0 Å². The number of methoxy groups -OCH3 is 1. The van der Waals surface area contributed by atoms with Crippen LogP contribution in [0.3, 0.4) is 0 Å². The van der Waals surface area contributed by atoms with Gasteiger partial charge in [-0.05, 0) is 43.2 Å². The molecule has 38 heavy (non-hydrogen) atoms. The number of fused-ring (bicyclic) bond motifs is 1. The number of aryl methyl sites for hydroxylation is 1. The highest BCUT2D eigenvalue weighted by atomic mass is 16.5. The van der Waals surface area contributed by atoms with Gasteiger partial charge in [-0.3, -0.25) is 9.59 Å². The minimum absolute atomic E-state index is 0.101. The lowest BCUT2D eigenvalue weighted by Gasteiger charge is -2.21. The maximum Gasteiger partial charge on any atom is 0.257 e. The van der Waals surface area contributed by atoms with Crippen molar-refractivity contribution >= 4 is 34.9 Å². The van der Waals surface area contributed by atoms with Crippen molar-refractivity contribution in [1.29, 1.82) is 0 Å². The number of hydrogen-bond donors (Lipinski definition) is 2. The van der Waals surface area contributed by atoms with E-state index < -0.39 is 11.9 Å². The van der Waals surface area contributed by atoms with E-state index in [1.54, 1.807) is 23.6 Å². The molecular weight excluding hydrogens is 484 g/mol. The minimum atomic E-state index is -0.558. The van der Waals surface area contributed by atoms with Crippen LogP contribution in [-0.2, 0) is 11.3 Å². The lowest BCUT2D eigenvalue weighted by Crippen LogP contribution is -2.40. The lowest BCUT2D eigenvalue weighted by atomic mass is 10.2. The van der Waals surface area contributed by atoms with Gasteiger partial charge in [-0.1, -0.05) is 18.2 Å². The molecule has 3 aromatic heterocycles. The van der Waals surface area contributed by atoms with Crippen LogP contribution in [0.4, 0.5) is 17.5 Å². The smallest absolute Gasteiger partial charge is 0.257 e. The fraction of sp³-hybridized carbons (Fsp3) is 0.296. The van der Waals surface area contributed by atoms with Crippen molar-refractivity contribution in [2.45, 2.75) is 25.9 Å². The number of carbonyl (C=O) groups excluding carboxylic acids is 2. The first-order chi connectivity index (χ1) is 18.3. The number of likely N-dealkylation sites (tertiary alicyclic amines) is 1. The fourth-order valence-electron chi connectivity index (χ4n) is 4.47. The number of pyridine rings is 1. The summed E-state index contributed by atoms with van der Waals surface area (Å²) in [7, 11) is 5.31. The zero-order chi connectivity index (χ0) is 26.8. The van der Waals surface area contributed by atoms with E-state index in [2.05, 4.69) is 20.7 Å². The topological polar surface area (TPSA) is 117 Å². The Bertz CT molecular complexity index is 1480. The summed E-state index contributed by atoms with van der Waals surface area (Å²) in [5.74, 6) is 2.16. The van der Waals surface area contributed by atoms with Gasteiger partial charge in [-0.2, -0.15) is 9.61 Å². The molecule has 2 N–H and O–H groups in total. The van der Waals surface area contributed by atoms with E-state index in [0.29, 0.717) is 36.8 Å². The Morgan fingerprint density at radius 1 is 1.16 bits per heavy atom. The van der Waals surface area contributed by atoms with Crippen molar-refractivity contribution < 1.29 is 14.3 Å². The van der Waals surface area contributed by atoms with E-state index in [1.807, 2.05) is 67.4 Å². The largest absolute Gasteiger partial charge is 0.497 e. The third-order valence-corrected chi connectivity index (χ3v) is 6.54. The van der Waals surface area contributed by atoms with Crippen LogP contribution in [0.2, 0.25) is 0 Å². The summed E-state index contributed by atoms with van der Waals surface area (Å²) in [5, 5.41) is 10.6. The number of aromatic nitrogens is 4. The number of ether oxygens (including phenoxy) is 1. The Morgan fingerprint density at radius 3 is 2.63 bits per heavy atom. The Hall–Kier alpha value is -4.67.